The lowest BCUT2D eigenvalue weighted by Crippen LogP contribution is -2.39. The zero-order chi connectivity index (χ0) is 13.0. The third-order valence-electron chi connectivity index (χ3n) is 3.26. The third kappa shape index (κ3) is 2.82. The van der Waals surface area contributed by atoms with Gasteiger partial charge in [0.25, 0.3) is 0 Å². The van der Waals surface area contributed by atoms with Crippen LogP contribution in [-0.2, 0) is 4.79 Å². The van der Waals surface area contributed by atoms with Crippen LogP contribution in [0.2, 0.25) is 0 Å². The summed E-state index contributed by atoms with van der Waals surface area (Å²) in [5, 5.41) is 6.17. The molecule has 98 valence electrons. The van der Waals surface area contributed by atoms with Crippen molar-refractivity contribution in [2.45, 2.75) is 26.3 Å². The van der Waals surface area contributed by atoms with E-state index in [2.05, 4.69) is 17.6 Å². The molecular weight excluding hydrogens is 228 g/mol. The Kier molecular flexibility index (Phi) is 4.20. The van der Waals surface area contributed by atoms with E-state index in [1.165, 1.54) is 0 Å². The van der Waals surface area contributed by atoms with Crippen molar-refractivity contribution in [1.82, 2.24) is 5.32 Å². The molecule has 2 rings (SSSR count). The summed E-state index contributed by atoms with van der Waals surface area (Å²) in [5.41, 5.74) is 0.741. The first-order valence-electron chi connectivity index (χ1n) is 6.48. The molecule has 1 amide bonds. The largest absolute Gasteiger partial charge is 0.492 e. The van der Waals surface area contributed by atoms with Crippen molar-refractivity contribution in [1.29, 1.82) is 0 Å². The second-order valence-corrected chi connectivity index (χ2v) is 4.62. The van der Waals surface area contributed by atoms with Crippen LogP contribution in [0.5, 0.6) is 5.75 Å². The van der Waals surface area contributed by atoms with Gasteiger partial charge in [-0.05, 0) is 37.9 Å². The van der Waals surface area contributed by atoms with Crippen LogP contribution in [0.25, 0.3) is 0 Å². The highest BCUT2D eigenvalue weighted by atomic mass is 16.5. The molecule has 1 aromatic rings. The number of nitrogens with one attached hydrogen (secondary N) is 2. The number of benzene rings is 1. The number of amides is 1. The van der Waals surface area contributed by atoms with E-state index < -0.39 is 0 Å². The zero-order valence-corrected chi connectivity index (χ0v) is 10.9. The molecule has 0 radical (unpaired) electrons. The minimum absolute atomic E-state index is 0.0205. The lowest BCUT2D eigenvalue weighted by atomic mass is 10.0. The first-order valence-corrected chi connectivity index (χ1v) is 6.48. The van der Waals surface area contributed by atoms with E-state index in [9.17, 15) is 4.79 Å². The van der Waals surface area contributed by atoms with Gasteiger partial charge in [-0.15, -0.1) is 0 Å². The van der Waals surface area contributed by atoms with Crippen molar-refractivity contribution in [2.24, 2.45) is 5.92 Å². The summed E-state index contributed by atoms with van der Waals surface area (Å²) in [6, 6.07) is 7.42. The van der Waals surface area contributed by atoms with Gasteiger partial charge in [0.15, 0.2) is 0 Å². The van der Waals surface area contributed by atoms with Crippen molar-refractivity contribution in [3.05, 3.63) is 24.3 Å². The van der Waals surface area contributed by atoms with Gasteiger partial charge >= 0.3 is 0 Å². The van der Waals surface area contributed by atoms with Crippen molar-refractivity contribution in [3.8, 4) is 5.75 Å². The highest BCUT2D eigenvalue weighted by Crippen LogP contribution is 2.25. The second kappa shape index (κ2) is 5.87. The van der Waals surface area contributed by atoms with Crippen LogP contribution in [0, 0.1) is 5.92 Å². The van der Waals surface area contributed by atoms with E-state index in [4.69, 9.17) is 4.74 Å². The minimum atomic E-state index is -0.0975. The molecule has 1 saturated heterocycles. The second-order valence-electron chi connectivity index (χ2n) is 4.62. The fraction of sp³-hybridized carbons (Fsp3) is 0.500. The summed E-state index contributed by atoms with van der Waals surface area (Å²) in [5.74, 6) is 1.12. The van der Waals surface area contributed by atoms with Crippen LogP contribution in [0.3, 0.4) is 0 Å². The summed E-state index contributed by atoms with van der Waals surface area (Å²) in [7, 11) is 0. The number of carbonyl (C=O) groups is 1. The Hall–Kier alpha value is -1.55. The van der Waals surface area contributed by atoms with Gasteiger partial charge in [0.1, 0.15) is 5.75 Å². The van der Waals surface area contributed by atoms with E-state index in [-0.39, 0.29) is 11.9 Å². The van der Waals surface area contributed by atoms with Gasteiger partial charge in [-0.3, -0.25) is 4.79 Å². The van der Waals surface area contributed by atoms with Crippen LogP contribution in [0.4, 0.5) is 5.69 Å². The predicted molar refractivity (Wildman–Crippen MR) is 71.8 cm³/mol. The first kappa shape index (κ1) is 12.9. The molecule has 2 unspecified atom stereocenters. The number of ether oxygens (including phenoxy) is 1. The van der Waals surface area contributed by atoms with Gasteiger partial charge in [0.2, 0.25) is 5.91 Å². The van der Waals surface area contributed by atoms with E-state index >= 15 is 0 Å². The molecule has 0 bridgehead atoms. The molecule has 0 aromatic heterocycles. The molecule has 18 heavy (non-hydrogen) atoms. The highest BCUT2D eigenvalue weighted by molar-refractivity contribution is 5.96. The summed E-state index contributed by atoms with van der Waals surface area (Å²) < 4.78 is 5.49. The van der Waals surface area contributed by atoms with E-state index in [1.54, 1.807) is 0 Å². The Balaban J connectivity index is 2.06. The maximum absolute atomic E-state index is 12.2. The SMILES string of the molecule is CCOc1ccccc1NC(=O)C1NCCC1C. The highest BCUT2D eigenvalue weighted by Gasteiger charge is 2.29. The molecule has 0 aliphatic carbocycles. The smallest absolute Gasteiger partial charge is 0.241 e. The third-order valence-corrected chi connectivity index (χ3v) is 3.26. The van der Waals surface area contributed by atoms with Gasteiger partial charge in [0.05, 0.1) is 18.3 Å². The number of rotatable bonds is 4. The summed E-state index contributed by atoms with van der Waals surface area (Å²) in [6.07, 6.45) is 1.05. The zero-order valence-electron chi connectivity index (χ0n) is 10.9. The number of carbonyl (C=O) groups excluding carboxylic acids is 1. The van der Waals surface area contributed by atoms with Gasteiger partial charge < -0.3 is 15.4 Å². The molecule has 2 atom stereocenters. The maximum Gasteiger partial charge on any atom is 0.241 e. The van der Waals surface area contributed by atoms with Crippen LogP contribution in [0.15, 0.2) is 24.3 Å². The van der Waals surface area contributed by atoms with E-state index in [1.807, 2.05) is 31.2 Å². The molecule has 4 nitrogen and oxygen atoms in total. The van der Waals surface area contributed by atoms with Crippen molar-refractivity contribution < 1.29 is 9.53 Å². The maximum atomic E-state index is 12.2. The molecule has 1 aromatic carbocycles. The van der Waals surface area contributed by atoms with Gasteiger partial charge in [-0.1, -0.05) is 19.1 Å². The lowest BCUT2D eigenvalue weighted by Gasteiger charge is -2.17. The monoisotopic (exact) mass is 248 g/mol. The standard InChI is InChI=1S/C14H20N2O2/c1-3-18-12-7-5-4-6-11(12)16-14(17)13-10(2)8-9-15-13/h4-7,10,13,15H,3,8-9H2,1-2H3,(H,16,17). The molecular formula is C14H20N2O2. The fourth-order valence-corrected chi connectivity index (χ4v) is 2.25. The van der Waals surface area contributed by atoms with Crippen LogP contribution >= 0.6 is 0 Å². The average molecular weight is 248 g/mol. The molecule has 1 heterocycles. The summed E-state index contributed by atoms with van der Waals surface area (Å²) in [4.78, 5) is 12.2. The lowest BCUT2D eigenvalue weighted by molar-refractivity contribution is -0.118. The Labute approximate surface area is 108 Å². The minimum Gasteiger partial charge on any atom is -0.492 e. The average Bonchev–Trinajstić information content (AvgIpc) is 2.78. The van der Waals surface area contributed by atoms with Crippen molar-refractivity contribution in [3.63, 3.8) is 0 Å². The Morgan fingerprint density at radius 2 is 2.28 bits per heavy atom. The van der Waals surface area contributed by atoms with E-state index in [0.717, 1.165) is 24.4 Å². The quantitative estimate of drug-likeness (QED) is 0.857. The summed E-state index contributed by atoms with van der Waals surface area (Å²) in [6.45, 7) is 5.52. The first-order chi connectivity index (χ1) is 8.72. The van der Waals surface area contributed by atoms with Crippen LogP contribution in [0.1, 0.15) is 20.3 Å². The molecule has 0 spiro atoms. The van der Waals surface area contributed by atoms with E-state index in [0.29, 0.717) is 12.5 Å². The Morgan fingerprint density at radius 3 is 2.94 bits per heavy atom. The number of hydrogen-bond acceptors (Lipinski definition) is 3. The summed E-state index contributed by atoms with van der Waals surface area (Å²) >= 11 is 0. The number of anilines is 1. The molecule has 0 saturated carbocycles. The van der Waals surface area contributed by atoms with Crippen LogP contribution < -0.4 is 15.4 Å². The van der Waals surface area contributed by atoms with Gasteiger partial charge in [-0.2, -0.15) is 0 Å². The topological polar surface area (TPSA) is 50.4 Å². The number of para-hydroxylation sites is 2. The Bertz CT molecular complexity index is 420. The fourth-order valence-electron chi connectivity index (χ4n) is 2.25. The number of hydrogen-bond donors (Lipinski definition) is 2. The molecule has 1 aliphatic rings. The molecule has 1 fully saturated rings. The predicted octanol–water partition coefficient (Wildman–Crippen LogP) is 2.02. The van der Waals surface area contributed by atoms with Crippen molar-refractivity contribution in [2.75, 3.05) is 18.5 Å². The Morgan fingerprint density at radius 1 is 1.50 bits per heavy atom. The van der Waals surface area contributed by atoms with Crippen molar-refractivity contribution >= 4 is 11.6 Å². The molecule has 1 aliphatic heterocycles. The normalized spacial score (nSPS) is 22.8. The van der Waals surface area contributed by atoms with Gasteiger partial charge in [-0.25, -0.2) is 0 Å². The molecule has 4 heteroatoms. The molecule has 2 N–H and O–H groups in total. The van der Waals surface area contributed by atoms with Gasteiger partial charge in [0, 0.05) is 0 Å². The van der Waals surface area contributed by atoms with Crippen LogP contribution in [-0.4, -0.2) is 25.1 Å².